The van der Waals surface area contributed by atoms with Crippen LogP contribution in [0.1, 0.15) is 30.9 Å². The third-order valence-electron chi connectivity index (χ3n) is 5.52. The summed E-state index contributed by atoms with van der Waals surface area (Å²) in [6.07, 6.45) is 5.33. The molecule has 2 aromatic heterocycles. The van der Waals surface area contributed by atoms with Crippen LogP contribution in [-0.4, -0.2) is 45.5 Å². The minimum Gasteiger partial charge on any atom is -0.396 e. The normalized spacial score (nSPS) is 15.5. The molecule has 3 heterocycles. The van der Waals surface area contributed by atoms with Gasteiger partial charge in [0, 0.05) is 49.9 Å². The second-order valence-electron chi connectivity index (χ2n) is 7.66. The minimum absolute atomic E-state index is 0.00752. The molecule has 9 heteroatoms. The van der Waals surface area contributed by atoms with Crippen LogP contribution in [0.3, 0.4) is 0 Å². The van der Waals surface area contributed by atoms with Gasteiger partial charge in [0.1, 0.15) is 5.82 Å². The van der Waals surface area contributed by atoms with E-state index in [0.29, 0.717) is 36.0 Å². The maximum absolute atomic E-state index is 14.0. The van der Waals surface area contributed by atoms with E-state index in [9.17, 15) is 14.3 Å². The van der Waals surface area contributed by atoms with Crippen LogP contribution in [0.25, 0.3) is 11.3 Å². The zero-order valence-corrected chi connectivity index (χ0v) is 18.1. The standard InChI is InChI=1S/C23H24ClFN4O3/c24-18-2-1-16(13-19(18)25)21(5-10-30)29-9-4-15(14-22(29)31)20-3-8-26-23(28-20)27-17-6-11-32-12-7-17/h1-4,8-9,13-14,17,21,30H,5-7,10-12H2,(H,26,27,28)/t21-/m1/s1. The van der Waals surface area contributed by atoms with Gasteiger partial charge in [-0.1, -0.05) is 17.7 Å². The molecule has 1 aliphatic heterocycles. The van der Waals surface area contributed by atoms with E-state index >= 15 is 0 Å². The summed E-state index contributed by atoms with van der Waals surface area (Å²) >= 11 is 5.79. The van der Waals surface area contributed by atoms with Crippen LogP contribution in [0.15, 0.2) is 53.6 Å². The molecule has 1 aliphatic rings. The molecular weight excluding hydrogens is 435 g/mol. The lowest BCUT2D eigenvalue weighted by molar-refractivity contribution is 0.0903. The summed E-state index contributed by atoms with van der Waals surface area (Å²) in [6, 6.07) is 9.13. The van der Waals surface area contributed by atoms with Gasteiger partial charge in [0.2, 0.25) is 5.95 Å². The van der Waals surface area contributed by atoms with Crippen molar-refractivity contribution in [1.29, 1.82) is 0 Å². The average Bonchev–Trinajstić information content (AvgIpc) is 2.80. The van der Waals surface area contributed by atoms with Crippen molar-refractivity contribution in [3.8, 4) is 11.3 Å². The van der Waals surface area contributed by atoms with Crippen molar-refractivity contribution in [2.45, 2.75) is 31.3 Å². The fraction of sp³-hybridized carbons (Fsp3) is 0.348. The molecule has 0 radical (unpaired) electrons. The number of halogens is 2. The first kappa shape index (κ1) is 22.4. The van der Waals surface area contributed by atoms with Gasteiger partial charge in [-0.3, -0.25) is 4.79 Å². The Kier molecular flexibility index (Phi) is 7.14. The Bertz CT molecular complexity index is 1130. The SMILES string of the molecule is O=c1cc(-c2ccnc(NC3CCOCC3)n2)ccn1[C@H](CCO)c1ccc(Cl)c(F)c1. The number of anilines is 1. The second kappa shape index (κ2) is 10.2. The molecule has 2 N–H and O–H groups in total. The van der Waals surface area contributed by atoms with Crippen molar-refractivity contribution in [3.63, 3.8) is 0 Å². The Morgan fingerprint density at radius 3 is 2.78 bits per heavy atom. The van der Waals surface area contributed by atoms with Crippen LogP contribution < -0.4 is 10.9 Å². The van der Waals surface area contributed by atoms with Gasteiger partial charge < -0.3 is 19.7 Å². The molecule has 32 heavy (non-hydrogen) atoms. The van der Waals surface area contributed by atoms with E-state index in [1.807, 2.05) is 0 Å². The molecule has 0 spiro atoms. The summed E-state index contributed by atoms with van der Waals surface area (Å²) < 4.78 is 20.8. The molecule has 1 atom stereocenters. The number of rotatable bonds is 7. The van der Waals surface area contributed by atoms with Crippen molar-refractivity contribution >= 4 is 17.5 Å². The van der Waals surface area contributed by atoms with Crippen LogP contribution in [0.5, 0.6) is 0 Å². The first-order chi connectivity index (χ1) is 15.5. The quantitative estimate of drug-likeness (QED) is 0.561. The van der Waals surface area contributed by atoms with Crippen LogP contribution in [-0.2, 0) is 4.74 Å². The Balaban J connectivity index is 1.60. The molecule has 0 saturated carbocycles. The highest BCUT2D eigenvalue weighted by Crippen LogP contribution is 2.26. The van der Waals surface area contributed by atoms with E-state index in [1.54, 1.807) is 30.6 Å². The lowest BCUT2D eigenvalue weighted by Crippen LogP contribution is -2.28. The van der Waals surface area contributed by atoms with Gasteiger partial charge in [0.05, 0.1) is 16.8 Å². The number of pyridine rings is 1. The van der Waals surface area contributed by atoms with Gasteiger partial charge in [-0.25, -0.2) is 14.4 Å². The Hall–Kier alpha value is -2.81. The van der Waals surface area contributed by atoms with E-state index in [1.165, 1.54) is 22.8 Å². The van der Waals surface area contributed by atoms with Crippen LogP contribution in [0.4, 0.5) is 10.3 Å². The average molecular weight is 459 g/mol. The lowest BCUT2D eigenvalue weighted by Gasteiger charge is -2.23. The van der Waals surface area contributed by atoms with Gasteiger partial charge in [0.25, 0.3) is 5.56 Å². The lowest BCUT2D eigenvalue weighted by atomic mass is 10.0. The molecule has 7 nitrogen and oxygen atoms in total. The second-order valence-corrected chi connectivity index (χ2v) is 8.07. The summed E-state index contributed by atoms with van der Waals surface area (Å²) in [5.74, 6) is -0.0595. The summed E-state index contributed by atoms with van der Waals surface area (Å²) in [7, 11) is 0. The summed E-state index contributed by atoms with van der Waals surface area (Å²) in [4.78, 5) is 21.8. The molecule has 168 valence electrons. The molecule has 1 saturated heterocycles. The summed E-state index contributed by atoms with van der Waals surface area (Å²) in [5.41, 5.74) is 1.54. The summed E-state index contributed by atoms with van der Waals surface area (Å²) in [5, 5.41) is 12.8. The van der Waals surface area contributed by atoms with E-state index in [0.717, 1.165) is 12.8 Å². The van der Waals surface area contributed by atoms with Gasteiger partial charge in [0.15, 0.2) is 0 Å². The van der Waals surface area contributed by atoms with E-state index in [4.69, 9.17) is 16.3 Å². The summed E-state index contributed by atoms with van der Waals surface area (Å²) in [6.45, 7) is 1.26. The highest BCUT2D eigenvalue weighted by Gasteiger charge is 2.18. The van der Waals surface area contributed by atoms with E-state index in [2.05, 4.69) is 15.3 Å². The fourth-order valence-corrected chi connectivity index (χ4v) is 3.95. The first-order valence-electron chi connectivity index (χ1n) is 10.5. The number of benzene rings is 1. The third-order valence-corrected chi connectivity index (χ3v) is 5.83. The maximum Gasteiger partial charge on any atom is 0.251 e. The molecule has 3 aromatic rings. The predicted octanol–water partition coefficient (Wildman–Crippen LogP) is 3.66. The number of aromatic nitrogens is 3. The zero-order chi connectivity index (χ0) is 22.5. The number of ether oxygens (including phenoxy) is 1. The van der Waals surface area contributed by atoms with Crippen molar-refractivity contribution in [2.24, 2.45) is 0 Å². The number of hydrogen-bond donors (Lipinski definition) is 2. The smallest absolute Gasteiger partial charge is 0.251 e. The van der Waals surface area contributed by atoms with Gasteiger partial charge in [-0.15, -0.1) is 0 Å². The molecule has 0 unspecified atom stereocenters. The fourth-order valence-electron chi connectivity index (χ4n) is 3.83. The van der Waals surface area contributed by atoms with Gasteiger partial charge in [-0.2, -0.15) is 0 Å². The topological polar surface area (TPSA) is 89.3 Å². The molecular formula is C23H24ClFN4O3. The van der Waals surface area contributed by atoms with Crippen LogP contribution >= 0.6 is 11.6 Å². The van der Waals surface area contributed by atoms with E-state index in [-0.39, 0.29) is 29.7 Å². The predicted molar refractivity (Wildman–Crippen MR) is 120 cm³/mol. The Morgan fingerprint density at radius 2 is 2.06 bits per heavy atom. The first-order valence-corrected chi connectivity index (χ1v) is 10.9. The number of nitrogens with one attached hydrogen (secondary N) is 1. The number of aliphatic hydroxyl groups is 1. The molecule has 0 bridgehead atoms. The van der Waals surface area contributed by atoms with Crippen molar-refractivity contribution in [3.05, 3.63) is 75.5 Å². The van der Waals surface area contributed by atoms with Gasteiger partial charge >= 0.3 is 0 Å². The maximum atomic E-state index is 14.0. The van der Waals surface area contributed by atoms with E-state index < -0.39 is 11.9 Å². The highest BCUT2D eigenvalue weighted by atomic mass is 35.5. The zero-order valence-electron chi connectivity index (χ0n) is 17.4. The van der Waals surface area contributed by atoms with Crippen molar-refractivity contribution in [2.75, 3.05) is 25.1 Å². The molecule has 1 aromatic carbocycles. The Labute approximate surface area is 189 Å². The molecule has 0 aliphatic carbocycles. The van der Waals surface area contributed by atoms with Crippen molar-refractivity contribution in [1.82, 2.24) is 14.5 Å². The number of hydrogen-bond acceptors (Lipinski definition) is 6. The Morgan fingerprint density at radius 1 is 1.25 bits per heavy atom. The molecule has 0 amide bonds. The van der Waals surface area contributed by atoms with Crippen LogP contribution in [0, 0.1) is 5.82 Å². The third kappa shape index (κ3) is 5.15. The number of aliphatic hydroxyl groups excluding tert-OH is 1. The van der Waals surface area contributed by atoms with Gasteiger partial charge in [-0.05, 0) is 49.1 Å². The number of nitrogens with zero attached hydrogens (tertiary/aromatic N) is 3. The monoisotopic (exact) mass is 458 g/mol. The van der Waals surface area contributed by atoms with Crippen LogP contribution in [0.2, 0.25) is 5.02 Å². The minimum atomic E-state index is -0.567. The largest absolute Gasteiger partial charge is 0.396 e. The highest BCUT2D eigenvalue weighted by molar-refractivity contribution is 6.30. The molecule has 1 fully saturated rings. The van der Waals surface area contributed by atoms with Crippen molar-refractivity contribution < 1.29 is 14.2 Å². The molecule has 4 rings (SSSR count).